The van der Waals surface area contributed by atoms with Crippen LogP contribution in [0.1, 0.15) is 28.4 Å². The highest BCUT2D eigenvalue weighted by molar-refractivity contribution is 6.30. The molecule has 0 aliphatic rings. The summed E-state index contributed by atoms with van der Waals surface area (Å²) in [6.45, 7) is 0. The van der Waals surface area contributed by atoms with E-state index in [2.05, 4.69) is 26.5 Å². The van der Waals surface area contributed by atoms with Crippen LogP contribution in [0.3, 0.4) is 0 Å². The number of nitrogens with one attached hydrogen (secondary N) is 1. The minimum atomic E-state index is -0.560. The van der Waals surface area contributed by atoms with E-state index >= 15 is 0 Å². The largest absolute Gasteiger partial charge is 0.344 e. The number of hydrogen-bond donors (Lipinski definition) is 1. The zero-order valence-corrected chi connectivity index (χ0v) is 15.7. The molecule has 0 spiro atoms. The van der Waals surface area contributed by atoms with Gasteiger partial charge in [0.05, 0.1) is 47.7 Å². The third-order valence-corrected chi connectivity index (χ3v) is 4.62. The molecule has 0 saturated heterocycles. The number of halogens is 1. The molecule has 3 aromatic heterocycles. The molecule has 0 saturated carbocycles. The zero-order chi connectivity index (χ0) is 21.1. The van der Waals surface area contributed by atoms with Gasteiger partial charge in [0.25, 0.3) is 5.91 Å². The normalized spacial score (nSPS) is 11.7. The van der Waals surface area contributed by atoms with Crippen LogP contribution < -0.4 is 10.9 Å². The first-order valence-corrected chi connectivity index (χ1v) is 9.03. The van der Waals surface area contributed by atoms with Crippen LogP contribution in [0.15, 0.2) is 61.2 Å². The Hall–Kier alpha value is -4.06. The minimum absolute atomic E-state index is 0.0629. The van der Waals surface area contributed by atoms with Gasteiger partial charge >= 0.3 is 0 Å². The van der Waals surface area contributed by atoms with Gasteiger partial charge in [-0.2, -0.15) is 10.4 Å². The van der Waals surface area contributed by atoms with E-state index < -0.39 is 11.9 Å². The number of nitrogens with zero attached hydrogens (tertiary/aromatic N) is 5. The summed E-state index contributed by atoms with van der Waals surface area (Å²) in [7, 11) is 5.73. The standard InChI is InChI=1S/C21H14BFN6O/c22-20-9-13(6-8-26-20)18(5-7-24)28-21(30)17-10-25-12-19-16(17)11-27-29(19)15-3-1-14(23)2-4-15/h1-4,6,8-12,18H,5H2,(H,28,30)/t18-/m0/s1. The van der Waals surface area contributed by atoms with Crippen molar-refractivity contribution in [1.82, 2.24) is 25.1 Å². The molecule has 1 aromatic carbocycles. The predicted molar refractivity (Wildman–Crippen MR) is 109 cm³/mol. The van der Waals surface area contributed by atoms with Crippen LogP contribution in [0.5, 0.6) is 0 Å². The molecule has 1 atom stereocenters. The second kappa shape index (κ2) is 8.13. The Kier molecular flexibility index (Phi) is 5.22. The Morgan fingerprint density at radius 3 is 2.77 bits per heavy atom. The maximum atomic E-state index is 13.2. The number of pyridine rings is 2. The molecule has 1 N–H and O–H groups in total. The molecular formula is C21H14BFN6O. The summed E-state index contributed by atoms with van der Waals surface area (Å²) in [5, 5.41) is 16.9. The van der Waals surface area contributed by atoms with Gasteiger partial charge in [-0.1, -0.05) is 0 Å². The molecule has 3 heterocycles. The van der Waals surface area contributed by atoms with E-state index in [1.165, 1.54) is 24.5 Å². The second-order valence-corrected chi connectivity index (χ2v) is 6.55. The first kappa shape index (κ1) is 19.3. The Morgan fingerprint density at radius 1 is 1.23 bits per heavy atom. The lowest BCUT2D eigenvalue weighted by atomic mass is 9.97. The molecule has 0 aliphatic carbocycles. The van der Waals surface area contributed by atoms with Gasteiger partial charge in [0.2, 0.25) is 0 Å². The molecule has 1 amide bonds. The van der Waals surface area contributed by atoms with Crippen molar-refractivity contribution >= 4 is 30.2 Å². The number of nitriles is 1. The maximum Gasteiger partial charge on any atom is 0.254 e. The minimum Gasteiger partial charge on any atom is -0.344 e. The van der Waals surface area contributed by atoms with Crippen molar-refractivity contribution in [2.24, 2.45) is 0 Å². The number of carbonyl (C=O) groups excluding carboxylic acids is 1. The Morgan fingerprint density at radius 2 is 2.03 bits per heavy atom. The van der Waals surface area contributed by atoms with Crippen molar-refractivity contribution in [2.45, 2.75) is 12.5 Å². The SMILES string of the molecule is [B]c1cc([C@H](CC#N)NC(=O)c2cncc3c2cnn3-c2ccc(F)cc2)ccn1. The van der Waals surface area contributed by atoms with E-state index in [0.29, 0.717) is 33.3 Å². The van der Waals surface area contributed by atoms with Gasteiger partial charge in [0.1, 0.15) is 13.7 Å². The fourth-order valence-corrected chi connectivity index (χ4v) is 3.17. The van der Waals surface area contributed by atoms with Gasteiger partial charge < -0.3 is 5.32 Å². The van der Waals surface area contributed by atoms with Crippen LogP contribution in [0.4, 0.5) is 4.39 Å². The molecule has 30 heavy (non-hydrogen) atoms. The van der Waals surface area contributed by atoms with Gasteiger partial charge in [-0.05, 0) is 47.6 Å². The molecule has 7 nitrogen and oxygen atoms in total. The fraction of sp³-hybridized carbons (Fsp3) is 0.0952. The highest BCUT2D eigenvalue weighted by atomic mass is 19.1. The first-order valence-electron chi connectivity index (χ1n) is 9.03. The predicted octanol–water partition coefficient (Wildman–Crippen LogP) is 2.13. The average molecular weight is 396 g/mol. The Labute approximate surface area is 172 Å². The van der Waals surface area contributed by atoms with Crippen molar-refractivity contribution < 1.29 is 9.18 Å². The third kappa shape index (κ3) is 3.75. The molecule has 4 rings (SSSR count). The molecule has 0 aliphatic heterocycles. The van der Waals surface area contributed by atoms with Crippen molar-refractivity contribution in [2.75, 3.05) is 0 Å². The van der Waals surface area contributed by atoms with E-state index in [1.54, 1.807) is 41.3 Å². The van der Waals surface area contributed by atoms with E-state index in [1.807, 2.05) is 0 Å². The van der Waals surface area contributed by atoms with Crippen LogP contribution in [-0.2, 0) is 0 Å². The fourth-order valence-electron chi connectivity index (χ4n) is 3.17. The molecular weight excluding hydrogens is 382 g/mol. The molecule has 9 heteroatoms. The van der Waals surface area contributed by atoms with Gasteiger partial charge in [-0.15, -0.1) is 0 Å². The number of carbonyl (C=O) groups is 1. The number of aromatic nitrogens is 4. The lowest BCUT2D eigenvalue weighted by Gasteiger charge is -2.17. The molecule has 0 fully saturated rings. The Bertz CT molecular complexity index is 1260. The maximum absolute atomic E-state index is 13.2. The second-order valence-electron chi connectivity index (χ2n) is 6.55. The topological polar surface area (TPSA) is 96.5 Å². The highest BCUT2D eigenvalue weighted by Crippen LogP contribution is 2.22. The van der Waals surface area contributed by atoms with Gasteiger partial charge in [0, 0.05) is 17.8 Å². The van der Waals surface area contributed by atoms with Crippen molar-refractivity contribution in [3.8, 4) is 11.8 Å². The van der Waals surface area contributed by atoms with Crippen LogP contribution in [-0.4, -0.2) is 33.5 Å². The Balaban J connectivity index is 1.68. The number of hydrogen-bond acceptors (Lipinski definition) is 5. The van der Waals surface area contributed by atoms with Gasteiger partial charge in [-0.25, -0.2) is 9.07 Å². The summed E-state index contributed by atoms with van der Waals surface area (Å²) in [5.41, 5.74) is 2.53. The first-order chi connectivity index (χ1) is 14.6. The van der Waals surface area contributed by atoms with Crippen LogP contribution in [0.2, 0.25) is 0 Å². The summed E-state index contributed by atoms with van der Waals surface area (Å²) in [6.07, 6.45) is 6.17. The number of benzene rings is 1. The molecule has 0 bridgehead atoms. The van der Waals surface area contributed by atoms with Gasteiger partial charge in [-0.3, -0.25) is 14.8 Å². The van der Waals surface area contributed by atoms with E-state index in [-0.39, 0.29) is 12.2 Å². The molecule has 2 radical (unpaired) electrons. The van der Waals surface area contributed by atoms with Crippen molar-refractivity contribution in [1.29, 1.82) is 5.26 Å². The summed E-state index contributed by atoms with van der Waals surface area (Å²) < 4.78 is 14.8. The molecule has 0 unspecified atom stereocenters. The lowest BCUT2D eigenvalue weighted by molar-refractivity contribution is 0.0938. The summed E-state index contributed by atoms with van der Waals surface area (Å²) in [4.78, 5) is 21.1. The van der Waals surface area contributed by atoms with Crippen LogP contribution in [0.25, 0.3) is 16.6 Å². The number of fused-ring (bicyclic) bond motifs is 1. The zero-order valence-electron chi connectivity index (χ0n) is 15.7. The van der Waals surface area contributed by atoms with Crippen LogP contribution in [0, 0.1) is 17.1 Å². The number of amides is 1. The average Bonchev–Trinajstić information content (AvgIpc) is 3.18. The highest BCUT2D eigenvalue weighted by Gasteiger charge is 2.19. The van der Waals surface area contributed by atoms with Crippen molar-refractivity contribution in [3.63, 3.8) is 0 Å². The number of rotatable bonds is 5. The smallest absolute Gasteiger partial charge is 0.254 e. The van der Waals surface area contributed by atoms with E-state index in [0.717, 1.165) is 0 Å². The quantitative estimate of drug-likeness (QED) is 0.522. The monoisotopic (exact) mass is 396 g/mol. The molecule has 4 aromatic rings. The van der Waals surface area contributed by atoms with Crippen LogP contribution >= 0.6 is 0 Å². The van der Waals surface area contributed by atoms with E-state index in [4.69, 9.17) is 7.85 Å². The van der Waals surface area contributed by atoms with Crippen molar-refractivity contribution in [3.05, 3.63) is 78.1 Å². The van der Waals surface area contributed by atoms with Gasteiger partial charge in [0.15, 0.2) is 0 Å². The third-order valence-electron chi connectivity index (χ3n) is 4.62. The van der Waals surface area contributed by atoms with E-state index in [9.17, 15) is 14.4 Å². The molecule has 144 valence electrons. The summed E-state index contributed by atoms with van der Waals surface area (Å²) >= 11 is 0. The summed E-state index contributed by atoms with van der Waals surface area (Å²) in [5.74, 6) is -0.754. The lowest BCUT2D eigenvalue weighted by Crippen LogP contribution is -2.29. The summed E-state index contributed by atoms with van der Waals surface area (Å²) in [6, 6.07) is 10.7.